The van der Waals surface area contributed by atoms with Crippen LogP contribution < -0.4 is 10.1 Å². The Labute approximate surface area is 112 Å². The van der Waals surface area contributed by atoms with Crippen molar-refractivity contribution in [1.29, 1.82) is 0 Å². The highest BCUT2D eigenvalue weighted by atomic mass is 16.5. The second-order valence-corrected chi connectivity index (χ2v) is 4.83. The van der Waals surface area contributed by atoms with Crippen molar-refractivity contribution in [2.75, 3.05) is 19.7 Å². The van der Waals surface area contributed by atoms with Gasteiger partial charge >= 0.3 is 0 Å². The van der Waals surface area contributed by atoms with E-state index >= 15 is 0 Å². The summed E-state index contributed by atoms with van der Waals surface area (Å²) in [6.45, 7) is 7.33. The van der Waals surface area contributed by atoms with Gasteiger partial charge in [0.2, 0.25) is 0 Å². The molecule has 0 aliphatic rings. The molecule has 1 aromatic rings. The van der Waals surface area contributed by atoms with Crippen LogP contribution in [0.1, 0.15) is 44.6 Å². The van der Waals surface area contributed by atoms with Crippen molar-refractivity contribution in [3.05, 3.63) is 29.8 Å². The van der Waals surface area contributed by atoms with Gasteiger partial charge < -0.3 is 10.1 Å². The quantitative estimate of drug-likeness (QED) is 0.634. The lowest BCUT2D eigenvalue weighted by atomic mass is 10.2. The fourth-order valence-electron chi connectivity index (χ4n) is 1.82. The number of nitrogens with one attached hydrogen (secondary N) is 1. The standard InChI is InChI=1S/C16H27NO/c1-3-4-5-6-12-17-13-7-14-18-16-10-8-15(2)9-11-16/h8-11,17H,3-7,12-14H2,1-2H3. The third kappa shape index (κ3) is 7.33. The summed E-state index contributed by atoms with van der Waals surface area (Å²) in [6, 6.07) is 8.24. The summed E-state index contributed by atoms with van der Waals surface area (Å²) in [6.07, 6.45) is 6.39. The maximum Gasteiger partial charge on any atom is 0.119 e. The molecule has 0 spiro atoms. The Morgan fingerprint density at radius 3 is 2.39 bits per heavy atom. The molecule has 0 unspecified atom stereocenters. The summed E-state index contributed by atoms with van der Waals surface area (Å²) in [7, 11) is 0. The first-order chi connectivity index (χ1) is 8.83. The summed E-state index contributed by atoms with van der Waals surface area (Å²) >= 11 is 0. The van der Waals surface area contributed by atoms with Crippen molar-refractivity contribution in [2.45, 2.75) is 46.0 Å². The summed E-state index contributed by atoms with van der Waals surface area (Å²) in [5.74, 6) is 0.976. The Kier molecular flexibility index (Phi) is 8.32. The first-order valence-corrected chi connectivity index (χ1v) is 7.23. The molecule has 0 amide bonds. The fraction of sp³-hybridized carbons (Fsp3) is 0.625. The summed E-state index contributed by atoms with van der Waals surface area (Å²) in [5.41, 5.74) is 1.27. The molecule has 2 heteroatoms. The minimum absolute atomic E-state index is 0.797. The van der Waals surface area contributed by atoms with E-state index in [4.69, 9.17) is 4.74 Å². The van der Waals surface area contributed by atoms with E-state index < -0.39 is 0 Å². The third-order valence-corrected chi connectivity index (χ3v) is 2.99. The van der Waals surface area contributed by atoms with Crippen LogP contribution in [0.3, 0.4) is 0 Å². The van der Waals surface area contributed by atoms with E-state index in [1.54, 1.807) is 0 Å². The zero-order chi connectivity index (χ0) is 13.1. The molecule has 0 bridgehead atoms. The van der Waals surface area contributed by atoms with Gasteiger partial charge in [0.1, 0.15) is 5.75 Å². The van der Waals surface area contributed by atoms with E-state index in [0.717, 1.165) is 31.9 Å². The smallest absolute Gasteiger partial charge is 0.119 e. The second-order valence-electron chi connectivity index (χ2n) is 4.83. The molecule has 0 radical (unpaired) electrons. The van der Waals surface area contributed by atoms with Gasteiger partial charge in [-0.05, 0) is 45.0 Å². The highest BCUT2D eigenvalue weighted by molar-refractivity contribution is 5.26. The van der Waals surface area contributed by atoms with Crippen molar-refractivity contribution in [1.82, 2.24) is 5.32 Å². The summed E-state index contributed by atoms with van der Waals surface area (Å²) < 4.78 is 5.67. The molecule has 2 nitrogen and oxygen atoms in total. The number of benzene rings is 1. The summed E-state index contributed by atoms with van der Waals surface area (Å²) in [5, 5.41) is 3.46. The topological polar surface area (TPSA) is 21.3 Å². The summed E-state index contributed by atoms with van der Waals surface area (Å²) in [4.78, 5) is 0. The number of hydrogen-bond donors (Lipinski definition) is 1. The number of ether oxygens (including phenoxy) is 1. The Bertz CT molecular complexity index is 294. The van der Waals surface area contributed by atoms with Gasteiger partial charge in [-0.15, -0.1) is 0 Å². The first-order valence-electron chi connectivity index (χ1n) is 7.23. The predicted molar refractivity (Wildman–Crippen MR) is 78.3 cm³/mol. The van der Waals surface area contributed by atoms with Gasteiger partial charge in [0.15, 0.2) is 0 Å². The first kappa shape index (κ1) is 15.0. The van der Waals surface area contributed by atoms with Gasteiger partial charge in [0, 0.05) is 0 Å². The van der Waals surface area contributed by atoms with Crippen LogP contribution in [0, 0.1) is 6.92 Å². The van der Waals surface area contributed by atoms with E-state index in [1.165, 1.54) is 31.2 Å². The van der Waals surface area contributed by atoms with Crippen LogP contribution in [-0.4, -0.2) is 19.7 Å². The van der Waals surface area contributed by atoms with Gasteiger partial charge in [0.25, 0.3) is 0 Å². The van der Waals surface area contributed by atoms with Crippen LogP contribution in [0.2, 0.25) is 0 Å². The van der Waals surface area contributed by atoms with Crippen LogP contribution in [0.5, 0.6) is 5.75 Å². The van der Waals surface area contributed by atoms with Crippen molar-refractivity contribution in [2.24, 2.45) is 0 Å². The van der Waals surface area contributed by atoms with E-state index in [1.807, 2.05) is 12.1 Å². The Morgan fingerprint density at radius 2 is 1.67 bits per heavy atom. The molecule has 0 aromatic heterocycles. The molecular formula is C16H27NO. The molecule has 1 rings (SSSR count). The van der Waals surface area contributed by atoms with E-state index in [-0.39, 0.29) is 0 Å². The number of rotatable bonds is 10. The lowest BCUT2D eigenvalue weighted by Gasteiger charge is -2.07. The zero-order valence-electron chi connectivity index (χ0n) is 11.9. The van der Waals surface area contributed by atoms with Crippen LogP contribution in [0.4, 0.5) is 0 Å². The van der Waals surface area contributed by atoms with Gasteiger partial charge in [-0.2, -0.15) is 0 Å². The van der Waals surface area contributed by atoms with Crippen LogP contribution in [0.25, 0.3) is 0 Å². The third-order valence-electron chi connectivity index (χ3n) is 2.99. The van der Waals surface area contributed by atoms with Crippen molar-refractivity contribution >= 4 is 0 Å². The molecule has 0 aliphatic heterocycles. The van der Waals surface area contributed by atoms with Crippen LogP contribution in [0.15, 0.2) is 24.3 Å². The SMILES string of the molecule is CCCCCCNCCCOc1ccc(C)cc1. The molecule has 0 saturated carbocycles. The lowest BCUT2D eigenvalue weighted by molar-refractivity contribution is 0.308. The van der Waals surface area contributed by atoms with Gasteiger partial charge in [0.05, 0.1) is 6.61 Å². The molecule has 1 aromatic carbocycles. The predicted octanol–water partition coefficient (Wildman–Crippen LogP) is 3.93. The fourth-order valence-corrected chi connectivity index (χ4v) is 1.82. The molecule has 0 heterocycles. The van der Waals surface area contributed by atoms with Gasteiger partial charge in [-0.25, -0.2) is 0 Å². The molecule has 0 saturated heterocycles. The molecule has 18 heavy (non-hydrogen) atoms. The number of unbranched alkanes of at least 4 members (excludes halogenated alkanes) is 3. The van der Waals surface area contributed by atoms with Crippen molar-refractivity contribution in [3.63, 3.8) is 0 Å². The van der Waals surface area contributed by atoms with Crippen LogP contribution in [-0.2, 0) is 0 Å². The minimum Gasteiger partial charge on any atom is -0.494 e. The molecule has 0 atom stereocenters. The monoisotopic (exact) mass is 249 g/mol. The van der Waals surface area contributed by atoms with E-state index in [0.29, 0.717) is 0 Å². The van der Waals surface area contributed by atoms with Gasteiger partial charge in [-0.1, -0.05) is 43.9 Å². The van der Waals surface area contributed by atoms with Crippen molar-refractivity contribution in [3.8, 4) is 5.75 Å². The number of aryl methyl sites for hydroxylation is 1. The molecule has 0 fully saturated rings. The van der Waals surface area contributed by atoms with E-state index in [9.17, 15) is 0 Å². The Hall–Kier alpha value is -1.02. The van der Waals surface area contributed by atoms with Crippen LogP contribution >= 0.6 is 0 Å². The normalized spacial score (nSPS) is 10.6. The minimum atomic E-state index is 0.797. The second kappa shape index (κ2) is 9.95. The maximum atomic E-state index is 5.67. The Balaban J connectivity index is 1.91. The average Bonchev–Trinajstić information content (AvgIpc) is 2.39. The van der Waals surface area contributed by atoms with Crippen molar-refractivity contribution < 1.29 is 4.74 Å². The molecular weight excluding hydrogens is 222 g/mol. The largest absolute Gasteiger partial charge is 0.494 e. The van der Waals surface area contributed by atoms with Gasteiger partial charge in [-0.3, -0.25) is 0 Å². The Morgan fingerprint density at radius 1 is 0.944 bits per heavy atom. The highest BCUT2D eigenvalue weighted by Gasteiger charge is 1.93. The van der Waals surface area contributed by atoms with E-state index in [2.05, 4.69) is 31.3 Å². The number of hydrogen-bond acceptors (Lipinski definition) is 2. The lowest BCUT2D eigenvalue weighted by Crippen LogP contribution is -2.18. The molecule has 1 N–H and O–H groups in total. The molecule has 0 aliphatic carbocycles. The highest BCUT2D eigenvalue weighted by Crippen LogP contribution is 2.11. The molecule has 102 valence electrons. The zero-order valence-corrected chi connectivity index (χ0v) is 11.9. The average molecular weight is 249 g/mol. The maximum absolute atomic E-state index is 5.67.